The van der Waals surface area contributed by atoms with Gasteiger partial charge < -0.3 is 2.85 Å². The molecular weight excluding hydrogens is 360 g/mol. The summed E-state index contributed by atoms with van der Waals surface area (Å²) >= 11 is 0. The Morgan fingerprint density at radius 1 is 0.519 bits per heavy atom. The van der Waals surface area contributed by atoms with Crippen molar-refractivity contribution < 1.29 is 24.6 Å². The Morgan fingerprint density at radius 2 is 0.926 bits per heavy atom. The van der Waals surface area contributed by atoms with E-state index in [0.29, 0.717) is 0 Å². The van der Waals surface area contributed by atoms with Crippen LogP contribution in [0.4, 0.5) is 0 Å². The minimum atomic E-state index is 0. The van der Waals surface area contributed by atoms with Gasteiger partial charge in [0.05, 0.1) is 0 Å². The van der Waals surface area contributed by atoms with E-state index in [1.54, 1.807) is 0 Å². The van der Waals surface area contributed by atoms with Crippen LogP contribution < -0.4 is 0 Å². The molecule has 2 aliphatic rings. The van der Waals surface area contributed by atoms with Crippen molar-refractivity contribution in [1.82, 2.24) is 0 Å². The van der Waals surface area contributed by atoms with Crippen LogP contribution in [-0.2, 0) is 34.6 Å². The summed E-state index contributed by atoms with van der Waals surface area (Å²) in [6.45, 7) is 0. The first kappa shape index (κ1) is 18.0. The Labute approximate surface area is 178 Å². The van der Waals surface area contributed by atoms with Crippen LogP contribution in [0.1, 0.15) is 25.1 Å². The van der Waals surface area contributed by atoms with Gasteiger partial charge in [-0.2, -0.15) is 59.7 Å². The summed E-state index contributed by atoms with van der Waals surface area (Å²) in [7, 11) is 0. The van der Waals surface area contributed by atoms with Gasteiger partial charge >= 0.3 is 21.7 Å². The van der Waals surface area contributed by atoms with E-state index in [1.165, 1.54) is 44.5 Å². The number of rotatable bonds is 0. The van der Waals surface area contributed by atoms with Crippen molar-refractivity contribution in [2.75, 3.05) is 0 Å². The van der Waals surface area contributed by atoms with Crippen LogP contribution >= 0.6 is 0 Å². The smallest absolute Gasteiger partial charge is 1.00 e. The van der Waals surface area contributed by atoms with E-state index in [1.807, 2.05) is 12.1 Å². The maximum atomic E-state index is 3.30. The SMILES string of the molecule is [H-].[H-].[Ti+4].[c-]1cccc2c1Cc1ccccc1-2.[c-]1cccc2c1Cc1ccccc1-2. The quantitative estimate of drug-likeness (QED) is 0.213. The van der Waals surface area contributed by atoms with Crippen molar-refractivity contribution in [3.8, 4) is 22.3 Å². The molecule has 0 fully saturated rings. The van der Waals surface area contributed by atoms with E-state index in [-0.39, 0.29) is 24.6 Å². The fourth-order valence-corrected chi connectivity index (χ4v) is 4.00. The van der Waals surface area contributed by atoms with Gasteiger partial charge in [-0.1, -0.05) is 70.8 Å². The van der Waals surface area contributed by atoms with E-state index in [2.05, 4.69) is 84.9 Å². The van der Waals surface area contributed by atoms with Crippen LogP contribution in [0.15, 0.2) is 84.9 Å². The number of benzene rings is 4. The van der Waals surface area contributed by atoms with Crippen LogP contribution in [0.5, 0.6) is 0 Å². The molecule has 0 amide bonds. The molecule has 4 aromatic carbocycles. The van der Waals surface area contributed by atoms with Crippen molar-refractivity contribution in [1.29, 1.82) is 0 Å². The molecule has 0 nitrogen and oxygen atoms in total. The van der Waals surface area contributed by atoms with Gasteiger partial charge in [-0.15, -0.1) is 11.1 Å². The molecule has 0 aliphatic heterocycles. The molecule has 0 spiro atoms. The summed E-state index contributed by atoms with van der Waals surface area (Å²) in [5.74, 6) is 0. The second-order valence-corrected chi connectivity index (χ2v) is 6.79. The average molecular weight is 380 g/mol. The molecular formula is C26H20Ti. The molecule has 0 bridgehead atoms. The maximum Gasteiger partial charge on any atom is 4.00 e. The number of hydrogen-bond donors (Lipinski definition) is 0. The fourth-order valence-electron chi connectivity index (χ4n) is 4.00. The van der Waals surface area contributed by atoms with E-state index < -0.39 is 0 Å². The second-order valence-electron chi connectivity index (χ2n) is 6.79. The monoisotopic (exact) mass is 380 g/mol. The minimum absolute atomic E-state index is 0. The summed E-state index contributed by atoms with van der Waals surface area (Å²) < 4.78 is 0. The Balaban J connectivity index is 0.000000187. The van der Waals surface area contributed by atoms with Gasteiger partial charge in [0.2, 0.25) is 0 Å². The van der Waals surface area contributed by atoms with Crippen molar-refractivity contribution in [3.63, 3.8) is 0 Å². The fraction of sp³-hybridized carbons (Fsp3) is 0.0769. The zero-order valence-corrected chi connectivity index (χ0v) is 16.6. The van der Waals surface area contributed by atoms with Gasteiger partial charge in [0.15, 0.2) is 0 Å². The van der Waals surface area contributed by atoms with Crippen molar-refractivity contribution in [2.24, 2.45) is 0 Å². The first-order chi connectivity index (χ1) is 12.9. The Morgan fingerprint density at radius 3 is 1.41 bits per heavy atom. The topological polar surface area (TPSA) is 0 Å². The first-order valence-corrected chi connectivity index (χ1v) is 9.06. The minimum Gasteiger partial charge on any atom is -1.00 e. The zero-order chi connectivity index (χ0) is 17.3. The molecule has 128 valence electrons. The van der Waals surface area contributed by atoms with Gasteiger partial charge in [0.1, 0.15) is 0 Å². The summed E-state index contributed by atoms with van der Waals surface area (Å²) in [4.78, 5) is 0. The van der Waals surface area contributed by atoms with Crippen molar-refractivity contribution in [3.05, 3.63) is 119 Å². The van der Waals surface area contributed by atoms with Crippen molar-refractivity contribution >= 4 is 0 Å². The summed E-state index contributed by atoms with van der Waals surface area (Å²) in [5.41, 5.74) is 11.0. The molecule has 0 radical (unpaired) electrons. The number of hydrogen-bond acceptors (Lipinski definition) is 0. The van der Waals surface area contributed by atoms with Crippen LogP contribution in [0.3, 0.4) is 0 Å². The summed E-state index contributed by atoms with van der Waals surface area (Å²) in [6, 6.07) is 36.2. The van der Waals surface area contributed by atoms with E-state index in [4.69, 9.17) is 0 Å². The largest absolute Gasteiger partial charge is 4.00 e. The van der Waals surface area contributed by atoms with Gasteiger partial charge in [-0.3, -0.25) is 0 Å². The molecule has 4 aromatic rings. The maximum absolute atomic E-state index is 3.30. The first-order valence-electron chi connectivity index (χ1n) is 9.06. The van der Waals surface area contributed by atoms with Crippen LogP contribution in [0.25, 0.3) is 22.3 Å². The van der Waals surface area contributed by atoms with Crippen LogP contribution in [-0.4, -0.2) is 0 Å². The molecule has 0 N–H and O–H groups in total. The van der Waals surface area contributed by atoms with E-state index in [0.717, 1.165) is 12.8 Å². The predicted molar refractivity (Wildman–Crippen MR) is 109 cm³/mol. The van der Waals surface area contributed by atoms with Gasteiger partial charge in [-0.05, 0) is 12.8 Å². The molecule has 0 unspecified atom stereocenters. The second kappa shape index (κ2) is 7.68. The zero-order valence-electron chi connectivity index (χ0n) is 17.0. The molecule has 0 saturated heterocycles. The summed E-state index contributed by atoms with van der Waals surface area (Å²) in [5, 5.41) is 0. The standard InChI is InChI=1S/2C13H9.Ti.2H/c2*1-3-7-12-10(5-1)9-11-6-2-4-8-13(11)12;;;/h2*1-5,7-8H,9H2;;;/q2*-1;+4;2*-1. The third kappa shape index (κ3) is 3.32. The molecule has 0 heterocycles. The number of fused-ring (bicyclic) bond motifs is 6. The Bertz CT molecular complexity index is 929. The summed E-state index contributed by atoms with van der Waals surface area (Å²) in [6.07, 6.45) is 2.10. The van der Waals surface area contributed by atoms with E-state index >= 15 is 0 Å². The molecule has 6 rings (SSSR count). The average Bonchev–Trinajstić information content (AvgIpc) is 3.27. The van der Waals surface area contributed by atoms with Gasteiger partial charge in [0.25, 0.3) is 0 Å². The van der Waals surface area contributed by atoms with Gasteiger partial charge in [0, 0.05) is 0 Å². The molecule has 2 aliphatic carbocycles. The van der Waals surface area contributed by atoms with Gasteiger partial charge in [-0.25, -0.2) is 0 Å². The molecule has 0 atom stereocenters. The van der Waals surface area contributed by atoms with Crippen molar-refractivity contribution in [2.45, 2.75) is 12.8 Å². The van der Waals surface area contributed by atoms with Crippen LogP contribution in [0.2, 0.25) is 0 Å². The van der Waals surface area contributed by atoms with E-state index in [9.17, 15) is 0 Å². The third-order valence-electron chi connectivity index (χ3n) is 5.23. The Kier molecular flexibility index (Phi) is 5.12. The molecule has 1 heteroatoms. The Hall–Kier alpha value is -2.41. The predicted octanol–water partition coefficient (Wildman–Crippen LogP) is 6.34. The normalized spacial score (nSPS) is 11.9. The van der Waals surface area contributed by atoms with Crippen LogP contribution in [0, 0.1) is 12.1 Å². The molecule has 27 heavy (non-hydrogen) atoms. The molecule has 0 saturated carbocycles. The third-order valence-corrected chi connectivity index (χ3v) is 5.23. The molecule has 0 aromatic heterocycles.